The van der Waals surface area contributed by atoms with Crippen molar-refractivity contribution < 1.29 is 14.2 Å². The summed E-state index contributed by atoms with van der Waals surface area (Å²) in [5.74, 6) is 0.362. The highest BCUT2D eigenvalue weighted by molar-refractivity contribution is 6.34. The molecule has 34 heavy (non-hydrogen) atoms. The zero-order chi connectivity index (χ0) is 23.8. The number of hydrogen-bond donors (Lipinski definition) is 2. The average molecular weight is 486 g/mol. The Bertz CT molecular complexity index is 1310. The van der Waals surface area contributed by atoms with E-state index in [0.29, 0.717) is 33.6 Å². The first kappa shape index (κ1) is 22.7. The quantitative estimate of drug-likeness (QED) is 0.431. The zero-order valence-corrected chi connectivity index (χ0v) is 19.6. The van der Waals surface area contributed by atoms with Crippen LogP contribution >= 0.6 is 11.6 Å². The fraction of sp³-hybridized carbons (Fsp3) is 0.391. The van der Waals surface area contributed by atoms with E-state index >= 15 is 0 Å². The second-order valence-corrected chi connectivity index (χ2v) is 8.98. The molecule has 1 aliphatic heterocycles. The summed E-state index contributed by atoms with van der Waals surface area (Å²) in [4.78, 5) is 4.05. The van der Waals surface area contributed by atoms with Gasteiger partial charge in [-0.2, -0.15) is 5.10 Å². The summed E-state index contributed by atoms with van der Waals surface area (Å²) in [5.41, 5.74) is 3.34. The Hall–Kier alpha value is -3.08. The van der Waals surface area contributed by atoms with E-state index in [2.05, 4.69) is 32.6 Å². The monoisotopic (exact) mass is 485 g/mol. The van der Waals surface area contributed by atoms with Crippen LogP contribution in [0.15, 0.2) is 36.8 Å². The smallest absolute Gasteiger partial charge is 0.163 e. The summed E-state index contributed by atoms with van der Waals surface area (Å²) in [6.45, 7) is 5.74. The van der Waals surface area contributed by atoms with E-state index in [1.54, 1.807) is 4.52 Å². The number of fused-ring (bicyclic) bond motifs is 1. The molecule has 3 atom stereocenters. The molecule has 0 aromatic carbocycles. The Morgan fingerprint density at radius 3 is 2.94 bits per heavy atom. The van der Waals surface area contributed by atoms with E-state index in [1.807, 2.05) is 23.9 Å². The third-order valence-corrected chi connectivity index (χ3v) is 6.58. The molecule has 0 amide bonds. The summed E-state index contributed by atoms with van der Waals surface area (Å²) < 4.78 is 23.1. The van der Waals surface area contributed by atoms with Crippen molar-refractivity contribution in [3.05, 3.63) is 59.0 Å². The topological polar surface area (TPSA) is 102 Å². The first-order valence-electron chi connectivity index (χ1n) is 11.1. The predicted molar refractivity (Wildman–Crippen MR) is 124 cm³/mol. The molecule has 9 nitrogen and oxygen atoms in total. The first-order valence-corrected chi connectivity index (χ1v) is 11.5. The van der Waals surface area contributed by atoms with Gasteiger partial charge in [-0.05, 0) is 50.6 Å². The Labute approximate surface area is 200 Å². The summed E-state index contributed by atoms with van der Waals surface area (Å²) in [5, 5.41) is 27.1. The lowest BCUT2D eigenvalue weighted by atomic mass is 9.95. The maximum atomic E-state index is 13.3. The van der Waals surface area contributed by atoms with Crippen LogP contribution in [0.5, 0.6) is 5.75 Å². The van der Waals surface area contributed by atoms with Crippen LogP contribution < -0.4 is 10.1 Å². The van der Waals surface area contributed by atoms with E-state index < -0.39 is 11.9 Å². The minimum atomic E-state index is -0.821. The molecule has 5 heterocycles. The summed E-state index contributed by atoms with van der Waals surface area (Å²) in [7, 11) is 0. The van der Waals surface area contributed by atoms with Gasteiger partial charge in [0.2, 0.25) is 0 Å². The van der Waals surface area contributed by atoms with Crippen molar-refractivity contribution in [2.24, 2.45) is 5.92 Å². The number of ether oxygens (including phenoxy) is 1. The van der Waals surface area contributed by atoms with Crippen LogP contribution in [-0.4, -0.2) is 54.4 Å². The number of nitrogens with zero attached hydrogens (tertiary/aromatic N) is 6. The van der Waals surface area contributed by atoms with Crippen molar-refractivity contribution in [1.82, 2.24) is 34.9 Å². The molecule has 4 aromatic rings. The van der Waals surface area contributed by atoms with Crippen LogP contribution in [0.1, 0.15) is 36.9 Å². The van der Waals surface area contributed by atoms with Gasteiger partial charge in [0, 0.05) is 11.8 Å². The number of aromatic nitrogens is 6. The Kier molecular flexibility index (Phi) is 6.20. The predicted octanol–water partition coefficient (Wildman–Crippen LogP) is 3.37. The fourth-order valence-electron chi connectivity index (χ4n) is 4.48. The number of rotatable bonds is 6. The van der Waals surface area contributed by atoms with Crippen molar-refractivity contribution in [2.45, 2.75) is 32.4 Å². The first-order chi connectivity index (χ1) is 16.5. The van der Waals surface area contributed by atoms with Crippen LogP contribution in [0.4, 0.5) is 4.39 Å². The Morgan fingerprint density at radius 2 is 2.21 bits per heavy atom. The molecule has 0 spiro atoms. The van der Waals surface area contributed by atoms with Gasteiger partial charge >= 0.3 is 0 Å². The molecule has 4 aromatic heterocycles. The van der Waals surface area contributed by atoms with Gasteiger partial charge in [0.25, 0.3) is 0 Å². The zero-order valence-electron chi connectivity index (χ0n) is 18.8. The van der Waals surface area contributed by atoms with Crippen molar-refractivity contribution in [1.29, 1.82) is 0 Å². The van der Waals surface area contributed by atoms with Gasteiger partial charge < -0.3 is 15.2 Å². The molecule has 0 bridgehead atoms. The molecule has 1 fully saturated rings. The van der Waals surface area contributed by atoms with Crippen LogP contribution in [0.2, 0.25) is 5.02 Å². The minimum absolute atomic E-state index is 0.268. The van der Waals surface area contributed by atoms with Gasteiger partial charge in [-0.15, -0.1) is 5.10 Å². The summed E-state index contributed by atoms with van der Waals surface area (Å²) >= 11 is 6.39. The highest BCUT2D eigenvalue weighted by atomic mass is 35.5. The normalized spacial score (nSPS) is 19.4. The molecule has 0 saturated carbocycles. The average Bonchev–Trinajstić information content (AvgIpc) is 3.41. The molecular weight excluding hydrogens is 461 g/mol. The highest BCUT2D eigenvalue weighted by Crippen LogP contribution is 2.36. The number of aliphatic hydroxyl groups excluding tert-OH is 1. The molecule has 5 rings (SSSR count). The maximum Gasteiger partial charge on any atom is 0.163 e. The number of halogens is 2. The van der Waals surface area contributed by atoms with Gasteiger partial charge in [-0.3, -0.25) is 4.98 Å². The maximum absolute atomic E-state index is 13.3. The molecule has 1 aliphatic rings. The van der Waals surface area contributed by atoms with E-state index in [0.717, 1.165) is 37.0 Å². The van der Waals surface area contributed by atoms with Crippen molar-refractivity contribution >= 4 is 17.1 Å². The minimum Gasteiger partial charge on any atom is -0.479 e. The number of nitrogens with one attached hydrogen (secondary N) is 1. The molecule has 11 heteroatoms. The van der Waals surface area contributed by atoms with Gasteiger partial charge in [0.1, 0.15) is 22.8 Å². The number of pyridine rings is 2. The molecule has 1 unspecified atom stereocenters. The fourth-order valence-corrected chi connectivity index (χ4v) is 4.70. The van der Waals surface area contributed by atoms with Crippen LogP contribution in [0, 0.1) is 18.7 Å². The Balaban J connectivity index is 1.55. The van der Waals surface area contributed by atoms with Crippen LogP contribution in [0.3, 0.4) is 0 Å². The molecule has 1 saturated heterocycles. The van der Waals surface area contributed by atoms with Gasteiger partial charge in [-0.25, -0.2) is 13.6 Å². The lowest BCUT2D eigenvalue weighted by Gasteiger charge is -2.30. The van der Waals surface area contributed by atoms with Gasteiger partial charge in [0.05, 0.1) is 41.5 Å². The lowest BCUT2D eigenvalue weighted by Crippen LogP contribution is -2.37. The van der Waals surface area contributed by atoms with E-state index in [1.165, 1.54) is 18.3 Å². The summed E-state index contributed by atoms with van der Waals surface area (Å²) in [6.07, 6.45) is 4.60. The van der Waals surface area contributed by atoms with E-state index in [4.69, 9.17) is 16.3 Å². The molecule has 0 aliphatic carbocycles. The summed E-state index contributed by atoms with van der Waals surface area (Å²) in [6, 6.07) is 4.83. The number of hydrogen-bond acceptors (Lipinski definition) is 7. The number of aliphatic hydroxyl groups is 1. The van der Waals surface area contributed by atoms with Crippen molar-refractivity contribution in [2.75, 3.05) is 19.7 Å². The van der Waals surface area contributed by atoms with Gasteiger partial charge in [-0.1, -0.05) is 23.7 Å². The molecule has 178 valence electrons. The Morgan fingerprint density at radius 1 is 1.35 bits per heavy atom. The second kappa shape index (κ2) is 9.28. The molecular formula is C23H25ClFN7O2. The largest absolute Gasteiger partial charge is 0.479 e. The van der Waals surface area contributed by atoms with Crippen molar-refractivity contribution in [3.8, 4) is 17.0 Å². The van der Waals surface area contributed by atoms with Crippen LogP contribution in [-0.2, 0) is 0 Å². The SMILES string of the molecule is Cc1c(-c2cc(OC(CO)c3ccc(F)cn3)c3c(Cl)cnn3c2)nnn1[C@H]1CCNC[C@H]1C. The van der Waals surface area contributed by atoms with Gasteiger partial charge in [0.15, 0.2) is 6.10 Å². The third-order valence-electron chi connectivity index (χ3n) is 6.30. The van der Waals surface area contributed by atoms with E-state index in [-0.39, 0.29) is 12.6 Å². The molecule has 0 radical (unpaired) electrons. The molecule has 2 N–H and O–H groups in total. The van der Waals surface area contributed by atoms with E-state index in [9.17, 15) is 9.50 Å². The third kappa shape index (κ3) is 4.13. The standard InChI is InChI=1S/C23H25ClFN7O2/c1-13-8-26-6-5-19(13)32-14(2)22(29-30-32)15-7-20(23-17(24)10-28-31(23)11-15)34-21(12-33)18-4-3-16(25)9-27-18/h3-4,7,9-11,13,19,21,26,33H,5-6,8,12H2,1-2H3/t13-,19+,21?/m1/s1. The van der Waals surface area contributed by atoms with Crippen molar-refractivity contribution in [3.63, 3.8) is 0 Å². The lowest BCUT2D eigenvalue weighted by molar-refractivity contribution is 0.114. The number of piperidine rings is 1. The second-order valence-electron chi connectivity index (χ2n) is 8.57. The highest BCUT2D eigenvalue weighted by Gasteiger charge is 2.27. The van der Waals surface area contributed by atoms with Crippen LogP contribution in [0.25, 0.3) is 16.8 Å².